The van der Waals surface area contributed by atoms with Crippen molar-refractivity contribution in [2.75, 3.05) is 25.5 Å². The van der Waals surface area contributed by atoms with Gasteiger partial charge in [-0.1, -0.05) is 41.9 Å². The van der Waals surface area contributed by atoms with E-state index in [2.05, 4.69) is 27.3 Å². The molecule has 0 radical (unpaired) electrons. The van der Waals surface area contributed by atoms with Gasteiger partial charge >= 0.3 is 11.7 Å². The zero-order valence-electron chi connectivity index (χ0n) is 25.9. The third-order valence-corrected chi connectivity index (χ3v) is 9.05. The number of ether oxygens (including phenoxy) is 1. The number of carbonyl (C=O) groups is 2. The second-order valence-electron chi connectivity index (χ2n) is 11.5. The van der Waals surface area contributed by atoms with Gasteiger partial charge in [-0.25, -0.2) is 14.6 Å². The number of aryl methyl sites for hydroxylation is 2. The quantitative estimate of drug-likeness (QED) is 0.230. The van der Waals surface area contributed by atoms with E-state index in [0.29, 0.717) is 35.4 Å². The van der Waals surface area contributed by atoms with Gasteiger partial charge in [-0.15, -0.1) is 0 Å². The molecule has 3 heterocycles. The summed E-state index contributed by atoms with van der Waals surface area (Å²) in [4.78, 5) is 54.2. The number of anilines is 1. The molecule has 3 amide bonds. The minimum atomic E-state index is -0.677. The Morgan fingerprint density at radius 1 is 1.11 bits per heavy atom. The number of benzene rings is 2. The molecule has 2 aromatic heterocycles. The molecule has 4 aromatic rings. The van der Waals surface area contributed by atoms with Crippen LogP contribution in [0.1, 0.15) is 39.5 Å². The summed E-state index contributed by atoms with van der Waals surface area (Å²) in [5, 5.41) is 12.6. The number of methoxy groups -OCH3 is 1. The fourth-order valence-electron chi connectivity index (χ4n) is 6.17. The summed E-state index contributed by atoms with van der Waals surface area (Å²) in [7, 11) is 4.42. The van der Waals surface area contributed by atoms with Crippen LogP contribution in [0, 0.1) is 6.92 Å². The largest absolute Gasteiger partial charge is 0.481 e. The molecule has 238 valence electrons. The summed E-state index contributed by atoms with van der Waals surface area (Å²) in [5.41, 5.74) is 5.01. The minimum Gasteiger partial charge on any atom is -0.481 e. The van der Waals surface area contributed by atoms with Crippen LogP contribution in [0.5, 0.6) is 5.88 Å². The Kier molecular flexibility index (Phi) is 8.41. The lowest BCUT2D eigenvalue weighted by atomic mass is 9.96. The van der Waals surface area contributed by atoms with E-state index in [1.165, 1.54) is 24.9 Å². The Morgan fingerprint density at radius 2 is 1.85 bits per heavy atom. The van der Waals surface area contributed by atoms with Gasteiger partial charge in [-0.2, -0.15) is 0 Å². The molecule has 2 atom stereocenters. The van der Waals surface area contributed by atoms with Crippen LogP contribution in [0.15, 0.2) is 58.3 Å². The molecule has 2 aliphatic rings. The summed E-state index contributed by atoms with van der Waals surface area (Å²) in [5.74, 6) is -0.0915. The molecule has 1 aliphatic carbocycles. The maximum absolute atomic E-state index is 13.1. The van der Waals surface area contributed by atoms with E-state index in [-0.39, 0.29) is 23.7 Å². The summed E-state index contributed by atoms with van der Waals surface area (Å²) in [6.07, 6.45) is 2.95. The summed E-state index contributed by atoms with van der Waals surface area (Å²) >= 11 is 7.09. The molecule has 0 spiro atoms. The first-order chi connectivity index (χ1) is 22.1. The lowest BCUT2D eigenvalue weighted by Crippen LogP contribution is -2.40. The Balaban J connectivity index is 1.29. The summed E-state index contributed by atoms with van der Waals surface area (Å²) in [6, 6.07) is 13.2. The predicted molar refractivity (Wildman–Crippen MR) is 176 cm³/mol. The molecular weight excluding hydrogens is 610 g/mol. The monoisotopic (exact) mass is 643 g/mol. The van der Waals surface area contributed by atoms with Crippen molar-refractivity contribution in [3.05, 3.63) is 96.8 Å². The summed E-state index contributed by atoms with van der Waals surface area (Å²) < 4.78 is 7.86. The van der Waals surface area contributed by atoms with E-state index in [1.54, 1.807) is 19.2 Å². The first-order valence-corrected chi connectivity index (χ1v) is 15.3. The molecule has 6 rings (SSSR count). The van der Waals surface area contributed by atoms with Gasteiger partial charge in [0.2, 0.25) is 5.88 Å². The van der Waals surface area contributed by atoms with Gasteiger partial charge in [0.1, 0.15) is 5.56 Å². The molecule has 13 heteroatoms. The number of hydrogen-bond donors (Lipinski definition) is 4. The lowest BCUT2D eigenvalue weighted by molar-refractivity contribution is 0.102. The van der Waals surface area contributed by atoms with Crippen LogP contribution in [-0.2, 0) is 20.5 Å². The van der Waals surface area contributed by atoms with Crippen LogP contribution in [-0.4, -0.2) is 52.3 Å². The highest BCUT2D eigenvalue weighted by Gasteiger charge is 2.30. The van der Waals surface area contributed by atoms with Crippen LogP contribution >= 0.6 is 11.6 Å². The highest BCUT2D eigenvalue weighted by molar-refractivity contribution is 6.36. The Bertz CT molecular complexity index is 2000. The van der Waals surface area contributed by atoms with Gasteiger partial charge in [0.05, 0.1) is 23.9 Å². The third kappa shape index (κ3) is 5.65. The fourth-order valence-corrected chi connectivity index (χ4v) is 6.49. The van der Waals surface area contributed by atoms with Crippen molar-refractivity contribution in [1.82, 2.24) is 30.1 Å². The topological polar surface area (TPSA) is 148 Å². The van der Waals surface area contributed by atoms with E-state index in [9.17, 15) is 19.2 Å². The number of hydrogen-bond acceptors (Lipinski definition) is 7. The molecule has 0 bridgehead atoms. The van der Waals surface area contributed by atoms with Crippen molar-refractivity contribution in [3.8, 4) is 28.3 Å². The van der Waals surface area contributed by atoms with Crippen molar-refractivity contribution >= 4 is 29.2 Å². The van der Waals surface area contributed by atoms with Crippen molar-refractivity contribution in [3.63, 3.8) is 0 Å². The molecule has 2 unspecified atom stereocenters. The first-order valence-electron chi connectivity index (χ1n) is 14.9. The number of halogens is 1. The number of rotatable bonds is 8. The number of carbonyl (C=O) groups excluding carboxylic acids is 2. The highest BCUT2D eigenvalue weighted by Crippen LogP contribution is 2.43. The van der Waals surface area contributed by atoms with Gasteiger partial charge in [0.25, 0.3) is 11.5 Å². The predicted octanol–water partition coefficient (Wildman–Crippen LogP) is 3.29. The average Bonchev–Trinajstić information content (AvgIpc) is 3.66. The number of pyridine rings is 1. The van der Waals surface area contributed by atoms with Crippen LogP contribution in [0.3, 0.4) is 0 Å². The SMILES string of the molecule is COc1nc(-c2cccc(-c3cccc(NC(=O)c4cn(C)c(=O)n(C)c4=O)c3C)c2Cl)cc2c1C(NCC1CNC(=O)N1)CC2. The Labute approximate surface area is 269 Å². The van der Waals surface area contributed by atoms with Crippen molar-refractivity contribution in [1.29, 1.82) is 0 Å². The van der Waals surface area contributed by atoms with E-state index < -0.39 is 17.2 Å². The molecular formula is C33H34ClN7O5. The molecule has 1 saturated heterocycles. The second-order valence-corrected chi connectivity index (χ2v) is 11.9. The van der Waals surface area contributed by atoms with Crippen molar-refractivity contribution in [2.24, 2.45) is 14.1 Å². The highest BCUT2D eigenvalue weighted by atomic mass is 35.5. The maximum Gasteiger partial charge on any atom is 0.330 e. The normalized spacial score (nSPS) is 16.9. The molecule has 1 fully saturated rings. The number of aromatic nitrogens is 3. The van der Waals surface area contributed by atoms with Crippen LogP contribution in [0.25, 0.3) is 22.4 Å². The van der Waals surface area contributed by atoms with Gasteiger partial charge in [0.15, 0.2) is 0 Å². The van der Waals surface area contributed by atoms with Gasteiger partial charge in [-0.3, -0.25) is 14.2 Å². The maximum atomic E-state index is 13.1. The van der Waals surface area contributed by atoms with Gasteiger partial charge < -0.3 is 30.6 Å². The second kappa shape index (κ2) is 12.5. The number of amides is 3. The number of fused-ring (bicyclic) bond motifs is 1. The molecule has 0 saturated carbocycles. The smallest absolute Gasteiger partial charge is 0.330 e. The van der Waals surface area contributed by atoms with Crippen molar-refractivity contribution < 1.29 is 14.3 Å². The first kappa shape index (κ1) is 31.1. The molecule has 46 heavy (non-hydrogen) atoms. The van der Waals surface area contributed by atoms with E-state index in [4.69, 9.17) is 21.3 Å². The number of nitrogens with zero attached hydrogens (tertiary/aromatic N) is 3. The average molecular weight is 644 g/mol. The molecule has 4 N–H and O–H groups in total. The van der Waals surface area contributed by atoms with Gasteiger partial charge in [0, 0.05) is 61.8 Å². The number of nitrogens with one attached hydrogen (secondary N) is 4. The molecule has 1 aliphatic heterocycles. The molecule has 12 nitrogen and oxygen atoms in total. The third-order valence-electron chi connectivity index (χ3n) is 8.65. The zero-order valence-corrected chi connectivity index (χ0v) is 26.6. The van der Waals surface area contributed by atoms with Crippen molar-refractivity contribution in [2.45, 2.75) is 31.8 Å². The minimum absolute atomic E-state index is 0.0209. The van der Waals surface area contributed by atoms with Gasteiger partial charge in [-0.05, 0) is 48.6 Å². The zero-order chi connectivity index (χ0) is 32.7. The molecule has 2 aromatic carbocycles. The fraction of sp³-hybridized carbons (Fsp3) is 0.303. The van der Waals surface area contributed by atoms with Crippen LogP contribution in [0.2, 0.25) is 5.02 Å². The standard InChI is InChI=1S/C33H34ClN7O5/c1-17-20(7-6-10-24(17)38-29(42)23-16-40(2)33(45)41(3)31(23)43)21-8-5-9-22(28(21)34)26-13-18-11-12-25(27(18)30(39-26)46-4)35-14-19-15-36-32(44)37-19/h5-10,13,16,19,25,35H,11-12,14-15H2,1-4H3,(H,38,42)(H2,36,37,44). The summed E-state index contributed by atoms with van der Waals surface area (Å²) in [6.45, 7) is 3.07. The Morgan fingerprint density at radius 3 is 2.59 bits per heavy atom. The van der Waals surface area contributed by atoms with E-state index in [1.807, 2.05) is 31.2 Å². The lowest BCUT2D eigenvalue weighted by Gasteiger charge is -2.19. The van der Waals surface area contributed by atoms with Crippen LogP contribution in [0.4, 0.5) is 10.5 Å². The van der Waals surface area contributed by atoms with Crippen LogP contribution < -0.4 is 37.3 Å². The Hall–Kier alpha value is -4.94. The number of urea groups is 1. The van der Waals surface area contributed by atoms with E-state index in [0.717, 1.165) is 50.8 Å². The van der Waals surface area contributed by atoms with E-state index >= 15 is 0 Å².